The van der Waals surface area contributed by atoms with Crippen LogP contribution < -0.4 is 0 Å². The molecule has 2 heterocycles. The smallest absolute Gasteiger partial charge is 0.337 e. The largest absolute Gasteiger partial charge is 0.466 e. The van der Waals surface area contributed by atoms with Gasteiger partial charge < -0.3 is 14.4 Å². The van der Waals surface area contributed by atoms with Crippen LogP contribution in [0.2, 0.25) is 0 Å². The molecule has 0 amide bonds. The van der Waals surface area contributed by atoms with E-state index in [4.69, 9.17) is 14.1 Å². The van der Waals surface area contributed by atoms with Crippen molar-refractivity contribution in [2.24, 2.45) is 0 Å². The van der Waals surface area contributed by atoms with Gasteiger partial charge >= 0.3 is 11.9 Å². The molecule has 1 aromatic heterocycles. The minimum absolute atomic E-state index is 0.324. The molecule has 1 unspecified atom stereocenters. The second kappa shape index (κ2) is 8.17. The van der Waals surface area contributed by atoms with Gasteiger partial charge in [0.2, 0.25) is 0 Å². The fourth-order valence-electron chi connectivity index (χ4n) is 4.35. The van der Waals surface area contributed by atoms with Crippen LogP contribution in [0.15, 0.2) is 45.4 Å². The number of carbonyl (C=O) groups is 2. The van der Waals surface area contributed by atoms with E-state index >= 15 is 0 Å². The van der Waals surface area contributed by atoms with Crippen LogP contribution in [0.25, 0.3) is 11.0 Å². The molecule has 0 radical (unpaired) electrons. The molecule has 166 valence electrons. The van der Waals surface area contributed by atoms with Gasteiger partial charge in [-0.25, -0.2) is 14.2 Å². The number of methoxy groups -OCH3 is 1. The standard InChI is InChI=1S/C23H29N3O5/c1-12(2)30-22(28)18-14(4)26(23(5,6)7)13(3)17(21(27)29-8)19(18)15-10-9-11-16-20(15)25-31-24-16/h9-12,19H,1-8H3. The summed E-state index contributed by atoms with van der Waals surface area (Å²) in [5, 5.41) is 7.95. The molecular weight excluding hydrogens is 398 g/mol. The molecule has 3 rings (SSSR count). The summed E-state index contributed by atoms with van der Waals surface area (Å²) in [4.78, 5) is 28.4. The zero-order valence-corrected chi connectivity index (χ0v) is 19.3. The van der Waals surface area contributed by atoms with E-state index in [1.165, 1.54) is 7.11 Å². The lowest BCUT2D eigenvalue weighted by Gasteiger charge is -2.45. The van der Waals surface area contributed by atoms with Crippen LogP contribution in [-0.2, 0) is 19.1 Å². The highest BCUT2D eigenvalue weighted by Crippen LogP contribution is 2.46. The summed E-state index contributed by atoms with van der Waals surface area (Å²) in [7, 11) is 1.33. The van der Waals surface area contributed by atoms with Crippen molar-refractivity contribution in [3.05, 3.63) is 46.3 Å². The third-order valence-electron chi connectivity index (χ3n) is 5.29. The molecule has 8 heteroatoms. The average molecular weight is 428 g/mol. The Morgan fingerprint density at radius 1 is 1.06 bits per heavy atom. The minimum atomic E-state index is -0.743. The molecule has 0 saturated heterocycles. The molecule has 1 atom stereocenters. The highest BCUT2D eigenvalue weighted by Gasteiger charge is 2.44. The second-order valence-electron chi connectivity index (χ2n) is 8.86. The normalized spacial score (nSPS) is 17.6. The highest BCUT2D eigenvalue weighted by molar-refractivity contribution is 6.01. The SMILES string of the molecule is COC(=O)C1=C(C)N(C(C)(C)C)C(C)=C(C(=O)OC(C)C)C1c1cccc2nonc12. The Labute approximate surface area is 181 Å². The van der Waals surface area contributed by atoms with E-state index < -0.39 is 23.4 Å². The van der Waals surface area contributed by atoms with E-state index in [0.29, 0.717) is 39.1 Å². The third-order valence-corrected chi connectivity index (χ3v) is 5.29. The number of rotatable bonds is 4. The second-order valence-corrected chi connectivity index (χ2v) is 8.86. The summed E-state index contributed by atoms with van der Waals surface area (Å²) in [6, 6.07) is 5.37. The summed E-state index contributed by atoms with van der Waals surface area (Å²) in [6.07, 6.45) is -0.324. The Bertz CT molecular complexity index is 1090. The van der Waals surface area contributed by atoms with Gasteiger partial charge in [-0.15, -0.1) is 0 Å². The zero-order chi connectivity index (χ0) is 23.1. The number of allylic oxidation sites excluding steroid dienone is 2. The van der Waals surface area contributed by atoms with Gasteiger partial charge in [0.25, 0.3) is 0 Å². The molecular formula is C23H29N3O5. The first-order valence-electron chi connectivity index (χ1n) is 10.2. The number of aromatic nitrogens is 2. The number of hydrogen-bond acceptors (Lipinski definition) is 8. The summed E-state index contributed by atoms with van der Waals surface area (Å²) in [6.45, 7) is 13.4. The van der Waals surface area contributed by atoms with E-state index in [1.807, 2.05) is 45.6 Å². The van der Waals surface area contributed by atoms with Gasteiger partial charge in [-0.3, -0.25) is 0 Å². The van der Waals surface area contributed by atoms with Crippen molar-refractivity contribution in [3.63, 3.8) is 0 Å². The van der Waals surface area contributed by atoms with Crippen LogP contribution in [0, 0.1) is 0 Å². The van der Waals surface area contributed by atoms with Crippen molar-refractivity contribution in [2.45, 2.75) is 66.0 Å². The third kappa shape index (κ3) is 3.94. The lowest BCUT2D eigenvalue weighted by atomic mass is 9.78. The molecule has 0 N–H and O–H groups in total. The van der Waals surface area contributed by atoms with Crippen LogP contribution in [0.5, 0.6) is 0 Å². The van der Waals surface area contributed by atoms with Gasteiger partial charge in [-0.1, -0.05) is 12.1 Å². The number of benzene rings is 1. The lowest BCUT2D eigenvalue weighted by Crippen LogP contribution is -2.44. The fourth-order valence-corrected chi connectivity index (χ4v) is 4.35. The minimum Gasteiger partial charge on any atom is -0.466 e. The molecule has 0 aliphatic carbocycles. The van der Waals surface area contributed by atoms with Gasteiger partial charge in [-0.2, -0.15) is 0 Å². The number of carbonyl (C=O) groups excluding carboxylic acids is 2. The summed E-state index contributed by atoms with van der Waals surface area (Å²) >= 11 is 0. The monoisotopic (exact) mass is 427 g/mol. The maximum atomic E-state index is 13.4. The molecule has 1 aliphatic rings. The fraction of sp³-hybridized carbons (Fsp3) is 0.478. The highest BCUT2D eigenvalue weighted by atomic mass is 16.6. The maximum Gasteiger partial charge on any atom is 0.337 e. The van der Waals surface area contributed by atoms with Crippen LogP contribution in [-0.4, -0.2) is 45.9 Å². The molecule has 8 nitrogen and oxygen atoms in total. The first kappa shape index (κ1) is 22.5. The van der Waals surface area contributed by atoms with Crippen molar-refractivity contribution in [1.29, 1.82) is 0 Å². The van der Waals surface area contributed by atoms with Crippen LogP contribution in [0.3, 0.4) is 0 Å². The maximum absolute atomic E-state index is 13.4. The molecule has 1 aliphatic heterocycles. The predicted molar refractivity (Wildman–Crippen MR) is 115 cm³/mol. The van der Waals surface area contributed by atoms with Gasteiger partial charge in [0.1, 0.15) is 11.0 Å². The number of hydrogen-bond donors (Lipinski definition) is 0. The van der Waals surface area contributed by atoms with E-state index in [2.05, 4.69) is 10.3 Å². The average Bonchev–Trinajstić information content (AvgIpc) is 3.14. The Kier molecular flexibility index (Phi) is 5.93. The zero-order valence-electron chi connectivity index (χ0n) is 19.3. The van der Waals surface area contributed by atoms with E-state index in [1.54, 1.807) is 26.0 Å². The molecule has 0 spiro atoms. The lowest BCUT2D eigenvalue weighted by molar-refractivity contribution is -0.143. The molecule has 2 aromatic rings. The summed E-state index contributed by atoms with van der Waals surface area (Å²) in [5.74, 6) is -1.76. The molecule has 0 bridgehead atoms. The Balaban J connectivity index is 2.39. The van der Waals surface area contributed by atoms with Gasteiger partial charge in [0.15, 0.2) is 0 Å². The van der Waals surface area contributed by atoms with Crippen molar-refractivity contribution >= 4 is 23.0 Å². The summed E-state index contributed by atoms with van der Waals surface area (Å²) < 4.78 is 15.7. The number of ether oxygens (including phenoxy) is 2. The van der Waals surface area contributed by atoms with Crippen molar-refractivity contribution in [1.82, 2.24) is 15.2 Å². The number of fused-ring (bicyclic) bond motifs is 1. The summed E-state index contributed by atoms with van der Waals surface area (Å²) in [5.41, 5.74) is 3.38. The molecule has 0 saturated carbocycles. The number of esters is 2. The Morgan fingerprint density at radius 2 is 1.68 bits per heavy atom. The van der Waals surface area contributed by atoms with E-state index in [-0.39, 0.29) is 6.10 Å². The number of nitrogens with zero attached hydrogens (tertiary/aromatic N) is 3. The molecule has 0 fully saturated rings. The Morgan fingerprint density at radius 3 is 2.23 bits per heavy atom. The van der Waals surface area contributed by atoms with E-state index in [0.717, 1.165) is 0 Å². The van der Waals surface area contributed by atoms with Crippen LogP contribution >= 0.6 is 0 Å². The van der Waals surface area contributed by atoms with Gasteiger partial charge in [0, 0.05) is 16.9 Å². The van der Waals surface area contributed by atoms with Crippen molar-refractivity contribution in [3.8, 4) is 0 Å². The first-order valence-corrected chi connectivity index (χ1v) is 10.2. The first-order chi connectivity index (χ1) is 14.5. The Hall–Kier alpha value is -3.16. The predicted octanol–water partition coefficient (Wildman–Crippen LogP) is 4.09. The molecule has 31 heavy (non-hydrogen) atoms. The topological polar surface area (TPSA) is 94.8 Å². The van der Waals surface area contributed by atoms with Crippen LogP contribution in [0.1, 0.15) is 59.9 Å². The quantitative estimate of drug-likeness (QED) is 0.673. The van der Waals surface area contributed by atoms with Crippen LogP contribution in [0.4, 0.5) is 0 Å². The van der Waals surface area contributed by atoms with Crippen molar-refractivity contribution in [2.75, 3.05) is 7.11 Å². The van der Waals surface area contributed by atoms with Gasteiger partial charge in [-0.05, 0) is 70.4 Å². The van der Waals surface area contributed by atoms with E-state index in [9.17, 15) is 9.59 Å². The van der Waals surface area contributed by atoms with Crippen molar-refractivity contribution < 1.29 is 23.7 Å². The molecule has 1 aromatic carbocycles. The van der Waals surface area contributed by atoms with Gasteiger partial charge in [0.05, 0.1) is 30.3 Å².